The summed E-state index contributed by atoms with van der Waals surface area (Å²) >= 11 is 0. The Bertz CT molecular complexity index is 589. The number of nitrogens with one attached hydrogen (secondary N) is 2. The normalized spacial score (nSPS) is 11.4. The van der Waals surface area contributed by atoms with Crippen molar-refractivity contribution < 1.29 is 13.2 Å². The van der Waals surface area contributed by atoms with Gasteiger partial charge in [-0.15, -0.1) is 12.4 Å². The Morgan fingerprint density at radius 1 is 1.17 bits per heavy atom. The van der Waals surface area contributed by atoms with E-state index in [0.29, 0.717) is 23.5 Å². The number of rotatable bonds is 9. The van der Waals surface area contributed by atoms with Crippen LogP contribution in [0.5, 0.6) is 5.75 Å². The molecule has 0 fully saturated rings. The number of hydrogen-bond acceptors (Lipinski definition) is 4. The van der Waals surface area contributed by atoms with Crippen LogP contribution in [0, 0.1) is 6.92 Å². The summed E-state index contributed by atoms with van der Waals surface area (Å²) in [6.07, 6.45) is 1.03. The van der Waals surface area contributed by atoms with Gasteiger partial charge in [0.2, 0.25) is 10.0 Å². The van der Waals surface area contributed by atoms with E-state index >= 15 is 0 Å². The summed E-state index contributed by atoms with van der Waals surface area (Å²) in [7, 11) is -1.90. The lowest BCUT2D eigenvalue weighted by molar-refractivity contribution is 0.406. The minimum absolute atomic E-state index is 0. The van der Waals surface area contributed by atoms with Crippen LogP contribution in [0.4, 0.5) is 0 Å². The molecule has 0 saturated heterocycles. The van der Waals surface area contributed by atoms with Crippen LogP contribution in [-0.4, -0.2) is 35.2 Å². The van der Waals surface area contributed by atoms with Gasteiger partial charge in [0.1, 0.15) is 5.75 Å². The van der Waals surface area contributed by atoms with Crippen molar-refractivity contribution in [2.24, 2.45) is 0 Å². The number of ether oxygens (including phenoxy) is 1. The van der Waals surface area contributed by atoms with E-state index in [9.17, 15) is 8.42 Å². The third-order valence-corrected chi connectivity index (χ3v) is 5.06. The SMILES string of the molecule is CCCNCCNS(=O)(=O)c1cc(C(C)C)c(OC)cc1C.Cl. The minimum atomic E-state index is -3.50. The van der Waals surface area contributed by atoms with Crippen molar-refractivity contribution in [1.82, 2.24) is 10.0 Å². The van der Waals surface area contributed by atoms with Gasteiger partial charge in [0.05, 0.1) is 12.0 Å². The molecule has 5 nitrogen and oxygen atoms in total. The first-order valence-corrected chi connectivity index (χ1v) is 9.20. The zero-order valence-electron chi connectivity index (χ0n) is 14.6. The Labute approximate surface area is 146 Å². The molecule has 0 heterocycles. The van der Waals surface area contributed by atoms with Gasteiger partial charge in [-0.25, -0.2) is 13.1 Å². The van der Waals surface area contributed by atoms with E-state index in [0.717, 1.165) is 24.3 Å². The number of aryl methyl sites for hydroxylation is 1. The largest absolute Gasteiger partial charge is 0.496 e. The molecule has 23 heavy (non-hydrogen) atoms. The van der Waals surface area contributed by atoms with Gasteiger partial charge in [-0.1, -0.05) is 20.8 Å². The van der Waals surface area contributed by atoms with Gasteiger partial charge in [-0.05, 0) is 49.1 Å². The molecule has 0 aliphatic rings. The van der Waals surface area contributed by atoms with E-state index < -0.39 is 10.0 Å². The summed E-state index contributed by atoms with van der Waals surface area (Å²) in [5, 5.41) is 3.17. The number of benzene rings is 1. The zero-order valence-corrected chi connectivity index (χ0v) is 16.2. The van der Waals surface area contributed by atoms with Crippen LogP contribution in [0.1, 0.15) is 44.2 Å². The molecular formula is C16H29ClN2O3S. The summed E-state index contributed by atoms with van der Waals surface area (Å²) in [6, 6.07) is 3.51. The summed E-state index contributed by atoms with van der Waals surface area (Å²) in [4.78, 5) is 0.326. The maximum Gasteiger partial charge on any atom is 0.240 e. The predicted molar refractivity (Wildman–Crippen MR) is 97.4 cm³/mol. The smallest absolute Gasteiger partial charge is 0.240 e. The molecule has 0 aliphatic heterocycles. The maximum atomic E-state index is 12.5. The first-order valence-electron chi connectivity index (χ1n) is 7.72. The highest BCUT2D eigenvalue weighted by Crippen LogP contribution is 2.31. The Balaban J connectivity index is 0.00000484. The van der Waals surface area contributed by atoms with Crippen LogP contribution in [0.3, 0.4) is 0 Å². The summed E-state index contributed by atoms with van der Waals surface area (Å²) in [6.45, 7) is 9.80. The highest BCUT2D eigenvalue weighted by atomic mass is 35.5. The number of methoxy groups -OCH3 is 1. The average molecular weight is 365 g/mol. The fourth-order valence-electron chi connectivity index (χ4n) is 2.25. The topological polar surface area (TPSA) is 67.4 Å². The monoisotopic (exact) mass is 364 g/mol. The first-order chi connectivity index (χ1) is 10.3. The van der Waals surface area contributed by atoms with Crippen LogP contribution >= 0.6 is 12.4 Å². The van der Waals surface area contributed by atoms with Crippen molar-refractivity contribution in [3.8, 4) is 5.75 Å². The van der Waals surface area contributed by atoms with Crippen molar-refractivity contribution in [2.75, 3.05) is 26.7 Å². The standard InChI is InChI=1S/C16H28N2O3S.ClH/c1-6-7-17-8-9-18-22(19,20)16-11-14(12(2)3)15(21-5)10-13(16)4;/h10-12,17-18H,6-9H2,1-5H3;1H. The molecule has 0 atom stereocenters. The average Bonchev–Trinajstić information content (AvgIpc) is 2.45. The Kier molecular flexibility index (Phi) is 9.77. The second kappa shape index (κ2) is 10.1. The second-order valence-electron chi connectivity index (χ2n) is 5.66. The van der Waals surface area contributed by atoms with Crippen molar-refractivity contribution in [3.05, 3.63) is 23.3 Å². The molecule has 0 saturated carbocycles. The first kappa shape index (κ1) is 22.2. The third-order valence-electron chi connectivity index (χ3n) is 3.46. The molecule has 0 aliphatic carbocycles. The molecule has 7 heteroatoms. The fourth-order valence-corrected chi connectivity index (χ4v) is 3.54. The molecule has 1 aromatic rings. The fraction of sp³-hybridized carbons (Fsp3) is 0.625. The maximum absolute atomic E-state index is 12.5. The molecule has 134 valence electrons. The quantitative estimate of drug-likeness (QED) is 0.661. The molecule has 1 rings (SSSR count). The zero-order chi connectivity index (χ0) is 16.8. The molecule has 0 radical (unpaired) electrons. The van der Waals surface area contributed by atoms with E-state index in [1.807, 2.05) is 13.8 Å². The molecule has 2 N–H and O–H groups in total. The molecule has 0 unspecified atom stereocenters. The van der Waals surface area contributed by atoms with Crippen molar-refractivity contribution >= 4 is 22.4 Å². The van der Waals surface area contributed by atoms with Gasteiger partial charge in [-0.2, -0.15) is 0 Å². The van der Waals surface area contributed by atoms with E-state index in [1.54, 1.807) is 26.2 Å². The predicted octanol–water partition coefficient (Wildman–Crippen LogP) is 2.83. The van der Waals surface area contributed by atoms with Gasteiger partial charge >= 0.3 is 0 Å². The minimum Gasteiger partial charge on any atom is -0.496 e. The summed E-state index contributed by atoms with van der Waals surface area (Å²) < 4.78 is 33.0. The van der Waals surface area contributed by atoms with E-state index in [2.05, 4.69) is 17.0 Å². The summed E-state index contributed by atoms with van der Waals surface area (Å²) in [5.41, 5.74) is 1.59. The highest BCUT2D eigenvalue weighted by molar-refractivity contribution is 7.89. The third kappa shape index (κ3) is 6.30. The number of sulfonamides is 1. The lowest BCUT2D eigenvalue weighted by atomic mass is 10.0. The van der Waals surface area contributed by atoms with Gasteiger partial charge < -0.3 is 10.1 Å². The van der Waals surface area contributed by atoms with Crippen LogP contribution in [0.25, 0.3) is 0 Å². The summed E-state index contributed by atoms with van der Waals surface area (Å²) in [5.74, 6) is 0.923. The molecular weight excluding hydrogens is 336 g/mol. The lowest BCUT2D eigenvalue weighted by Gasteiger charge is -2.16. The Morgan fingerprint density at radius 2 is 1.83 bits per heavy atom. The van der Waals surface area contributed by atoms with E-state index in [1.165, 1.54) is 0 Å². The Morgan fingerprint density at radius 3 is 2.35 bits per heavy atom. The van der Waals surface area contributed by atoms with Gasteiger partial charge in [0.25, 0.3) is 0 Å². The van der Waals surface area contributed by atoms with E-state index in [-0.39, 0.29) is 18.3 Å². The van der Waals surface area contributed by atoms with E-state index in [4.69, 9.17) is 4.74 Å². The van der Waals surface area contributed by atoms with Gasteiger partial charge in [0, 0.05) is 13.1 Å². The van der Waals surface area contributed by atoms with Crippen LogP contribution in [-0.2, 0) is 10.0 Å². The van der Waals surface area contributed by atoms with Crippen molar-refractivity contribution in [1.29, 1.82) is 0 Å². The lowest BCUT2D eigenvalue weighted by Crippen LogP contribution is -2.32. The second-order valence-corrected chi connectivity index (χ2v) is 7.40. The molecule has 0 amide bonds. The van der Waals surface area contributed by atoms with Crippen molar-refractivity contribution in [3.63, 3.8) is 0 Å². The number of halogens is 1. The van der Waals surface area contributed by atoms with Crippen LogP contribution in [0.2, 0.25) is 0 Å². The highest BCUT2D eigenvalue weighted by Gasteiger charge is 2.20. The van der Waals surface area contributed by atoms with Crippen LogP contribution < -0.4 is 14.8 Å². The van der Waals surface area contributed by atoms with Crippen LogP contribution in [0.15, 0.2) is 17.0 Å². The number of hydrogen-bond donors (Lipinski definition) is 2. The molecule has 0 aromatic heterocycles. The Hall–Kier alpha value is -0.820. The van der Waals surface area contributed by atoms with Gasteiger partial charge in [0.15, 0.2) is 0 Å². The molecule has 1 aromatic carbocycles. The van der Waals surface area contributed by atoms with Gasteiger partial charge in [-0.3, -0.25) is 0 Å². The van der Waals surface area contributed by atoms with Crippen molar-refractivity contribution in [2.45, 2.75) is 44.9 Å². The molecule has 0 bridgehead atoms. The molecule has 0 spiro atoms.